The van der Waals surface area contributed by atoms with Crippen molar-refractivity contribution in [3.63, 3.8) is 0 Å². The van der Waals surface area contributed by atoms with E-state index < -0.39 is 0 Å². The van der Waals surface area contributed by atoms with Crippen LogP contribution in [0.5, 0.6) is 5.75 Å². The fourth-order valence-electron chi connectivity index (χ4n) is 2.46. The molecule has 0 radical (unpaired) electrons. The topological polar surface area (TPSA) is 47.0 Å². The average molecular weight is 384 g/mol. The Labute approximate surface area is 162 Å². The molecule has 1 aromatic carbocycles. The van der Waals surface area contributed by atoms with Gasteiger partial charge in [0.1, 0.15) is 6.61 Å². The summed E-state index contributed by atoms with van der Waals surface area (Å²) < 4.78 is 6.10. The Balaban J connectivity index is 1.52. The van der Waals surface area contributed by atoms with Gasteiger partial charge in [-0.05, 0) is 37.3 Å². The first-order valence-electron chi connectivity index (χ1n) is 8.75. The van der Waals surface area contributed by atoms with Crippen LogP contribution in [-0.4, -0.2) is 15.7 Å². The van der Waals surface area contributed by atoms with Crippen LogP contribution in [0.2, 0.25) is 0 Å². The molecule has 2 heterocycles. The van der Waals surface area contributed by atoms with Crippen molar-refractivity contribution in [2.45, 2.75) is 31.3 Å². The van der Waals surface area contributed by atoms with Crippen molar-refractivity contribution in [3.05, 3.63) is 59.2 Å². The molecule has 1 aliphatic carbocycles. The predicted molar refractivity (Wildman–Crippen MR) is 109 cm³/mol. The first-order chi connectivity index (χ1) is 12.8. The van der Waals surface area contributed by atoms with Crippen molar-refractivity contribution in [3.8, 4) is 5.75 Å². The monoisotopic (exact) mass is 383 g/mol. The zero-order chi connectivity index (χ0) is 17.8. The van der Waals surface area contributed by atoms with Gasteiger partial charge in [-0.15, -0.1) is 23.1 Å². The van der Waals surface area contributed by atoms with Crippen LogP contribution in [0.4, 0.5) is 10.9 Å². The zero-order valence-electron chi connectivity index (χ0n) is 14.6. The average Bonchev–Trinajstić information content (AvgIpc) is 3.41. The molecule has 0 bridgehead atoms. The molecule has 0 unspecified atom stereocenters. The summed E-state index contributed by atoms with van der Waals surface area (Å²) in [6.07, 6.45) is 6.50. The molecule has 0 saturated heterocycles. The van der Waals surface area contributed by atoms with E-state index in [1.54, 1.807) is 11.3 Å². The second-order valence-electron chi connectivity index (χ2n) is 6.45. The number of hydrogen-bond donors (Lipinski definition) is 1. The Morgan fingerprint density at radius 2 is 2.04 bits per heavy atom. The van der Waals surface area contributed by atoms with Gasteiger partial charge in [-0.25, -0.2) is 9.97 Å². The lowest BCUT2D eigenvalue weighted by molar-refractivity contribution is 0.306. The van der Waals surface area contributed by atoms with Crippen molar-refractivity contribution >= 4 is 34.0 Å². The van der Waals surface area contributed by atoms with Crippen LogP contribution in [0, 0.1) is 12.8 Å². The van der Waals surface area contributed by atoms with Crippen LogP contribution in [-0.2, 0) is 6.61 Å². The molecule has 0 spiro atoms. The summed E-state index contributed by atoms with van der Waals surface area (Å²) in [6, 6.07) is 12.3. The lowest BCUT2D eigenvalue weighted by Crippen LogP contribution is -2.01. The minimum atomic E-state index is 0.519. The molecule has 3 aromatic rings. The lowest BCUT2D eigenvalue weighted by atomic mass is 10.2. The predicted octanol–water partition coefficient (Wildman–Crippen LogP) is 5.67. The van der Waals surface area contributed by atoms with E-state index in [4.69, 9.17) is 4.74 Å². The molecule has 6 heteroatoms. The summed E-state index contributed by atoms with van der Waals surface area (Å²) in [7, 11) is 0. The van der Waals surface area contributed by atoms with Crippen LogP contribution >= 0.6 is 23.1 Å². The van der Waals surface area contributed by atoms with Gasteiger partial charge in [0.15, 0.2) is 16.7 Å². The summed E-state index contributed by atoms with van der Waals surface area (Å²) in [5, 5.41) is 4.13. The number of pyridine rings is 1. The zero-order valence-corrected chi connectivity index (χ0v) is 16.3. The molecule has 1 fully saturated rings. The Morgan fingerprint density at radius 1 is 1.19 bits per heavy atom. The highest BCUT2D eigenvalue weighted by Crippen LogP contribution is 2.37. The molecule has 1 aliphatic rings. The van der Waals surface area contributed by atoms with Crippen molar-refractivity contribution in [2.75, 3.05) is 11.1 Å². The number of nitrogens with one attached hydrogen (secondary N) is 1. The molecule has 4 nitrogen and oxygen atoms in total. The fraction of sp³-hybridized carbons (Fsp3) is 0.300. The van der Waals surface area contributed by atoms with E-state index in [1.165, 1.54) is 12.8 Å². The smallest absolute Gasteiger partial charge is 0.188 e. The Hall–Kier alpha value is -2.05. The Bertz CT molecular complexity index is 863. The maximum atomic E-state index is 6.10. The highest BCUT2D eigenvalue weighted by Gasteiger charge is 2.21. The van der Waals surface area contributed by atoms with E-state index in [0.717, 1.165) is 37.9 Å². The van der Waals surface area contributed by atoms with Crippen LogP contribution < -0.4 is 10.1 Å². The SMILES string of the molecule is Cc1cnc(Nc2ncc(SCC3CC3)cc2OCc2ccccc2)s1. The number of aryl methyl sites for hydroxylation is 1. The molecule has 0 atom stereocenters. The van der Waals surface area contributed by atoms with Gasteiger partial charge < -0.3 is 10.1 Å². The van der Waals surface area contributed by atoms with Gasteiger partial charge in [0.05, 0.1) is 0 Å². The summed E-state index contributed by atoms with van der Waals surface area (Å²) in [5.41, 5.74) is 1.14. The maximum Gasteiger partial charge on any atom is 0.188 e. The summed E-state index contributed by atoms with van der Waals surface area (Å²) in [6.45, 7) is 2.56. The first-order valence-corrected chi connectivity index (χ1v) is 10.6. The normalized spacial score (nSPS) is 13.6. The van der Waals surface area contributed by atoms with Gasteiger partial charge in [0.25, 0.3) is 0 Å². The number of anilines is 2. The third-order valence-corrected chi connectivity index (χ3v) is 6.12. The van der Waals surface area contributed by atoms with Crippen LogP contribution in [0.1, 0.15) is 23.3 Å². The molecular weight excluding hydrogens is 362 g/mol. The van der Waals surface area contributed by atoms with Gasteiger partial charge in [-0.3, -0.25) is 0 Å². The molecule has 26 heavy (non-hydrogen) atoms. The van der Waals surface area contributed by atoms with E-state index >= 15 is 0 Å². The van der Waals surface area contributed by atoms with Crippen LogP contribution in [0.25, 0.3) is 0 Å². The third kappa shape index (κ3) is 4.77. The lowest BCUT2D eigenvalue weighted by Gasteiger charge is -2.13. The van der Waals surface area contributed by atoms with Crippen molar-refractivity contribution in [2.24, 2.45) is 5.92 Å². The highest BCUT2D eigenvalue weighted by molar-refractivity contribution is 7.99. The van der Waals surface area contributed by atoms with E-state index in [9.17, 15) is 0 Å². The molecule has 2 aromatic heterocycles. The molecule has 0 amide bonds. The van der Waals surface area contributed by atoms with Crippen LogP contribution in [0.3, 0.4) is 0 Å². The largest absolute Gasteiger partial charge is 0.485 e. The summed E-state index contributed by atoms with van der Waals surface area (Å²) in [5.74, 6) is 3.52. The Kier molecular flexibility index (Phi) is 5.41. The van der Waals surface area contributed by atoms with Crippen molar-refractivity contribution in [1.82, 2.24) is 9.97 Å². The number of benzene rings is 1. The first kappa shape index (κ1) is 17.4. The number of hydrogen-bond acceptors (Lipinski definition) is 6. The summed E-state index contributed by atoms with van der Waals surface area (Å²) in [4.78, 5) is 11.3. The van der Waals surface area contributed by atoms with Crippen molar-refractivity contribution in [1.29, 1.82) is 0 Å². The van der Waals surface area contributed by atoms with Crippen LogP contribution in [0.15, 0.2) is 53.7 Å². The van der Waals surface area contributed by atoms with Gasteiger partial charge >= 0.3 is 0 Å². The third-order valence-electron chi connectivity index (χ3n) is 4.09. The van der Waals surface area contributed by atoms with Crippen molar-refractivity contribution < 1.29 is 4.74 Å². The molecule has 0 aliphatic heterocycles. The second kappa shape index (κ2) is 8.10. The number of rotatable bonds is 8. The minimum absolute atomic E-state index is 0.519. The molecule has 1 saturated carbocycles. The van der Waals surface area contributed by atoms with E-state index in [-0.39, 0.29) is 0 Å². The second-order valence-corrected chi connectivity index (χ2v) is 8.78. The summed E-state index contributed by atoms with van der Waals surface area (Å²) >= 11 is 3.47. The standard InChI is InChI=1S/C20H21N3OS2/c1-14-10-22-20(26-14)23-19-18(24-12-15-5-3-2-4-6-15)9-17(11-21-19)25-13-16-7-8-16/h2-6,9-11,16H,7-8,12-13H2,1H3,(H,21,22,23). The fourth-order valence-corrected chi connectivity index (χ4v) is 4.20. The quantitative estimate of drug-likeness (QED) is 0.508. The highest BCUT2D eigenvalue weighted by atomic mass is 32.2. The van der Waals surface area contributed by atoms with Gasteiger partial charge in [-0.2, -0.15) is 0 Å². The number of ether oxygens (including phenoxy) is 1. The van der Waals surface area contributed by atoms with E-state index in [2.05, 4.69) is 33.5 Å². The molecule has 4 rings (SSSR count). The maximum absolute atomic E-state index is 6.10. The number of thiazole rings is 1. The van der Waals surface area contributed by atoms with Gasteiger partial charge in [0.2, 0.25) is 0 Å². The number of nitrogens with zero attached hydrogens (tertiary/aromatic N) is 2. The molecular formula is C20H21N3OS2. The minimum Gasteiger partial charge on any atom is -0.485 e. The number of thioether (sulfide) groups is 1. The van der Waals surface area contributed by atoms with E-state index in [0.29, 0.717) is 12.4 Å². The number of aromatic nitrogens is 2. The van der Waals surface area contributed by atoms with Gasteiger partial charge in [0, 0.05) is 27.9 Å². The molecule has 134 valence electrons. The van der Waals surface area contributed by atoms with Gasteiger partial charge in [-0.1, -0.05) is 30.3 Å². The van der Waals surface area contributed by atoms with E-state index in [1.807, 2.05) is 49.3 Å². The molecule has 1 N–H and O–H groups in total. The Morgan fingerprint density at radius 3 is 2.77 bits per heavy atom.